The Balaban J connectivity index is 2.20. The van der Waals surface area contributed by atoms with Gasteiger partial charge in [0.25, 0.3) is 0 Å². The van der Waals surface area contributed by atoms with E-state index in [2.05, 4.69) is 0 Å². The second kappa shape index (κ2) is 15.3. The smallest absolute Gasteiger partial charge is 0.303 e. The fraction of sp³-hybridized carbons (Fsp3) is 0.423. The van der Waals surface area contributed by atoms with E-state index in [0.29, 0.717) is 13.2 Å². The van der Waals surface area contributed by atoms with Gasteiger partial charge in [-0.1, -0.05) is 72.8 Å². The molecular weight excluding hydrogens is 424 g/mol. The van der Waals surface area contributed by atoms with E-state index in [-0.39, 0.29) is 19.6 Å². The average molecular weight is 459 g/mol. The minimum absolute atomic E-state index is 0.0302. The van der Waals surface area contributed by atoms with Gasteiger partial charge in [0.15, 0.2) is 0 Å². The Bertz CT molecular complexity index is 808. The van der Waals surface area contributed by atoms with Crippen LogP contribution in [-0.4, -0.2) is 54.5 Å². The molecule has 0 fully saturated rings. The third-order valence-electron chi connectivity index (χ3n) is 4.95. The minimum Gasteiger partial charge on any atom is -0.481 e. The third kappa shape index (κ3) is 10.7. The molecule has 2 aromatic rings. The van der Waals surface area contributed by atoms with Crippen molar-refractivity contribution in [3.63, 3.8) is 0 Å². The van der Waals surface area contributed by atoms with E-state index < -0.39 is 30.4 Å². The van der Waals surface area contributed by atoms with Gasteiger partial charge in [0, 0.05) is 13.5 Å². The Morgan fingerprint density at radius 3 is 1.94 bits per heavy atom. The quantitative estimate of drug-likeness (QED) is 0.291. The van der Waals surface area contributed by atoms with Crippen LogP contribution >= 0.6 is 0 Å². The maximum absolute atomic E-state index is 11.3. The number of benzene rings is 2. The molecule has 0 unspecified atom stereocenters. The summed E-state index contributed by atoms with van der Waals surface area (Å²) >= 11 is 0. The molecule has 2 rings (SSSR count). The zero-order chi connectivity index (χ0) is 23.9. The molecule has 7 nitrogen and oxygen atoms in total. The van der Waals surface area contributed by atoms with Crippen LogP contribution in [0.2, 0.25) is 0 Å². The van der Waals surface area contributed by atoms with Crippen molar-refractivity contribution in [3.8, 4) is 0 Å². The van der Waals surface area contributed by atoms with Gasteiger partial charge >= 0.3 is 5.97 Å². The monoisotopic (exact) mass is 458 g/mol. The van der Waals surface area contributed by atoms with E-state index in [0.717, 1.165) is 11.1 Å². The molecule has 7 heteroatoms. The Labute approximate surface area is 195 Å². The first-order valence-corrected chi connectivity index (χ1v) is 11.0. The van der Waals surface area contributed by atoms with Crippen LogP contribution in [-0.2, 0) is 37.0 Å². The number of carbonyl (C=O) groups is 1. The molecule has 2 aromatic carbocycles. The zero-order valence-corrected chi connectivity index (χ0v) is 19.2. The van der Waals surface area contributed by atoms with Crippen LogP contribution < -0.4 is 0 Å². The summed E-state index contributed by atoms with van der Waals surface area (Å²) in [5.41, 5.74) is 1.97. The maximum atomic E-state index is 11.3. The van der Waals surface area contributed by atoms with Crippen molar-refractivity contribution in [2.75, 3.05) is 13.9 Å². The molecule has 0 amide bonds. The Hall–Kier alpha value is -2.55. The molecule has 180 valence electrons. The van der Waals surface area contributed by atoms with Gasteiger partial charge in [0.05, 0.1) is 25.4 Å². The molecule has 2 N–H and O–H groups in total. The van der Waals surface area contributed by atoms with Gasteiger partial charge in [0.1, 0.15) is 19.0 Å². The maximum Gasteiger partial charge on any atom is 0.303 e. The number of hydrogen-bond donors (Lipinski definition) is 2. The Morgan fingerprint density at radius 2 is 1.42 bits per heavy atom. The number of carboxylic acids is 1. The normalized spacial score (nSPS) is 15.2. The van der Waals surface area contributed by atoms with Gasteiger partial charge in [-0.15, -0.1) is 0 Å². The molecule has 0 aromatic heterocycles. The van der Waals surface area contributed by atoms with E-state index >= 15 is 0 Å². The van der Waals surface area contributed by atoms with Crippen LogP contribution in [0.5, 0.6) is 0 Å². The third-order valence-corrected chi connectivity index (χ3v) is 4.95. The first kappa shape index (κ1) is 26.7. The van der Waals surface area contributed by atoms with Crippen molar-refractivity contribution >= 4 is 5.97 Å². The first-order valence-electron chi connectivity index (χ1n) is 11.0. The van der Waals surface area contributed by atoms with Crippen LogP contribution in [0.3, 0.4) is 0 Å². The summed E-state index contributed by atoms with van der Waals surface area (Å²) in [6, 6.07) is 19.4. The van der Waals surface area contributed by atoms with Gasteiger partial charge in [-0.05, 0) is 24.5 Å². The van der Waals surface area contributed by atoms with Crippen LogP contribution in [0.15, 0.2) is 72.8 Å². The fourth-order valence-corrected chi connectivity index (χ4v) is 3.16. The molecule has 0 aliphatic rings. The number of aliphatic hydroxyl groups excluding tert-OH is 1. The lowest BCUT2D eigenvalue weighted by Gasteiger charge is -2.26. The molecule has 0 saturated heterocycles. The number of methoxy groups -OCH3 is 1. The second-order valence-corrected chi connectivity index (χ2v) is 7.69. The highest BCUT2D eigenvalue weighted by molar-refractivity contribution is 5.66. The lowest BCUT2D eigenvalue weighted by molar-refractivity contribution is -0.139. The number of rotatable bonds is 16. The van der Waals surface area contributed by atoms with E-state index in [1.807, 2.05) is 60.7 Å². The molecule has 4 atom stereocenters. The van der Waals surface area contributed by atoms with E-state index in [9.17, 15) is 15.0 Å². The van der Waals surface area contributed by atoms with Gasteiger partial charge < -0.3 is 29.2 Å². The molecular formula is C26H34O7. The zero-order valence-electron chi connectivity index (χ0n) is 19.2. The number of aliphatic carboxylic acids is 1. The predicted octanol–water partition coefficient (Wildman–Crippen LogP) is 3.95. The summed E-state index contributed by atoms with van der Waals surface area (Å²) in [5.74, 6) is -0.903. The summed E-state index contributed by atoms with van der Waals surface area (Å²) in [4.78, 5) is 11.3. The molecule has 0 aliphatic carbocycles. The molecule has 0 bridgehead atoms. The second-order valence-electron chi connectivity index (χ2n) is 7.69. The molecule has 0 spiro atoms. The van der Waals surface area contributed by atoms with Gasteiger partial charge in [0.2, 0.25) is 0 Å². The van der Waals surface area contributed by atoms with Crippen molar-refractivity contribution < 1.29 is 34.0 Å². The van der Waals surface area contributed by atoms with Crippen molar-refractivity contribution in [3.05, 3.63) is 83.9 Å². The number of aliphatic hydroxyl groups is 1. The van der Waals surface area contributed by atoms with Crippen LogP contribution in [0, 0.1) is 0 Å². The molecule has 0 aliphatic heterocycles. The molecule has 0 radical (unpaired) electrons. The SMILES string of the molecule is COCO[C@@H](/C=C/[C@@H](OCc1ccccc1)[C@H](CCC(=O)O)OCc1ccccc1)[C@@H](C)O. The topological polar surface area (TPSA) is 94.5 Å². The fourth-order valence-electron chi connectivity index (χ4n) is 3.16. The standard InChI is InChI=1S/C26H34O7/c1-20(27)23(33-19-30-2)13-14-24(31-17-21-9-5-3-6-10-21)25(15-16-26(28)29)32-18-22-11-7-4-8-12-22/h3-14,20,23-25,27H,15-19H2,1-2H3,(H,28,29)/b14-13+/t20-,23+,24-,25+/m1/s1. The van der Waals surface area contributed by atoms with E-state index in [1.165, 1.54) is 7.11 Å². The highest BCUT2D eigenvalue weighted by Gasteiger charge is 2.23. The minimum atomic E-state index is -0.903. The van der Waals surface area contributed by atoms with Crippen LogP contribution in [0.25, 0.3) is 0 Å². The highest BCUT2D eigenvalue weighted by atomic mass is 16.7. The summed E-state index contributed by atoms with van der Waals surface area (Å²) in [6.07, 6.45) is 1.24. The molecule has 0 heterocycles. The van der Waals surface area contributed by atoms with Crippen molar-refractivity contribution in [2.45, 2.75) is 57.4 Å². The predicted molar refractivity (Wildman–Crippen MR) is 124 cm³/mol. The van der Waals surface area contributed by atoms with E-state index in [4.69, 9.17) is 18.9 Å². The largest absolute Gasteiger partial charge is 0.481 e. The van der Waals surface area contributed by atoms with Crippen LogP contribution in [0.4, 0.5) is 0 Å². The van der Waals surface area contributed by atoms with Crippen molar-refractivity contribution in [1.82, 2.24) is 0 Å². The number of ether oxygens (including phenoxy) is 4. The number of carboxylic acid groups (broad SMARTS) is 1. The van der Waals surface area contributed by atoms with Gasteiger partial charge in [-0.2, -0.15) is 0 Å². The van der Waals surface area contributed by atoms with E-state index in [1.54, 1.807) is 19.1 Å². The highest BCUT2D eigenvalue weighted by Crippen LogP contribution is 2.18. The lowest BCUT2D eigenvalue weighted by Crippen LogP contribution is -2.32. The Kier molecular flexibility index (Phi) is 12.4. The lowest BCUT2D eigenvalue weighted by atomic mass is 10.1. The number of hydrogen-bond acceptors (Lipinski definition) is 6. The average Bonchev–Trinajstić information content (AvgIpc) is 2.82. The summed E-state index contributed by atoms with van der Waals surface area (Å²) in [5, 5.41) is 19.3. The van der Waals surface area contributed by atoms with Gasteiger partial charge in [-0.25, -0.2) is 0 Å². The summed E-state index contributed by atoms with van der Waals surface area (Å²) < 4.78 is 22.8. The first-order chi connectivity index (χ1) is 16.0. The van der Waals surface area contributed by atoms with Crippen molar-refractivity contribution in [1.29, 1.82) is 0 Å². The summed E-state index contributed by atoms with van der Waals surface area (Å²) in [6.45, 7) is 2.30. The molecule has 33 heavy (non-hydrogen) atoms. The molecule has 0 saturated carbocycles. The van der Waals surface area contributed by atoms with Crippen LogP contribution in [0.1, 0.15) is 30.9 Å². The van der Waals surface area contributed by atoms with Gasteiger partial charge in [-0.3, -0.25) is 4.79 Å². The summed E-state index contributed by atoms with van der Waals surface area (Å²) in [7, 11) is 1.51. The Morgan fingerprint density at radius 1 is 0.879 bits per heavy atom. The van der Waals surface area contributed by atoms with Crippen molar-refractivity contribution in [2.24, 2.45) is 0 Å².